The summed E-state index contributed by atoms with van der Waals surface area (Å²) in [6.07, 6.45) is 1.67. The van der Waals surface area contributed by atoms with Crippen molar-refractivity contribution in [3.63, 3.8) is 0 Å². The first kappa shape index (κ1) is 18.2. The fraction of sp³-hybridized carbons (Fsp3) is 0.400. The highest BCUT2D eigenvalue weighted by Crippen LogP contribution is 2.00. The summed E-state index contributed by atoms with van der Waals surface area (Å²) in [5.41, 5.74) is 1.15. The first-order valence-corrected chi connectivity index (χ1v) is 7.69. The van der Waals surface area contributed by atoms with Crippen LogP contribution in [0.2, 0.25) is 0 Å². The van der Waals surface area contributed by atoms with Crippen molar-refractivity contribution >= 4 is 17.8 Å². The second kappa shape index (κ2) is 8.08. The standard InChI is InChI=1S/C15H20N6O4/c1-10-9-12(18-20(10)2)14(23)17-6-5-16-13(22)4-8-21-7-3-11(19-21)15(24)25/h3,7,9H,4-6,8H2,1-2H3,(H,16,22)(H,17,23)(H,24,25). The average molecular weight is 348 g/mol. The Morgan fingerprint density at radius 3 is 2.48 bits per heavy atom. The van der Waals surface area contributed by atoms with E-state index in [4.69, 9.17) is 5.11 Å². The summed E-state index contributed by atoms with van der Waals surface area (Å²) in [6, 6.07) is 3.05. The van der Waals surface area contributed by atoms with Crippen LogP contribution in [0.15, 0.2) is 18.3 Å². The molecule has 0 atom stereocenters. The number of aromatic nitrogens is 4. The van der Waals surface area contributed by atoms with Crippen LogP contribution in [0.3, 0.4) is 0 Å². The second-order valence-corrected chi connectivity index (χ2v) is 5.42. The van der Waals surface area contributed by atoms with Gasteiger partial charge in [0.05, 0.1) is 0 Å². The van der Waals surface area contributed by atoms with Crippen molar-refractivity contribution in [2.45, 2.75) is 19.9 Å². The number of nitrogens with zero attached hydrogens (tertiary/aromatic N) is 4. The minimum absolute atomic E-state index is 0.0621. The van der Waals surface area contributed by atoms with Gasteiger partial charge in [-0.2, -0.15) is 10.2 Å². The molecule has 0 aromatic carbocycles. The highest BCUT2D eigenvalue weighted by Gasteiger charge is 2.11. The Balaban J connectivity index is 1.64. The summed E-state index contributed by atoms with van der Waals surface area (Å²) in [5, 5.41) is 22.0. The molecule has 2 rings (SSSR count). The molecule has 0 saturated heterocycles. The smallest absolute Gasteiger partial charge is 0.356 e. The molecule has 25 heavy (non-hydrogen) atoms. The predicted octanol–water partition coefficient (Wildman–Crippen LogP) is -0.440. The van der Waals surface area contributed by atoms with Gasteiger partial charge >= 0.3 is 5.97 Å². The van der Waals surface area contributed by atoms with Gasteiger partial charge in [-0.3, -0.25) is 19.0 Å². The molecule has 10 nitrogen and oxygen atoms in total. The Labute approximate surface area is 143 Å². The van der Waals surface area contributed by atoms with E-state index in [1.807, 2.05) is 6.92 Å². The molecule has 0 aliphatic carbocycles. The maximum absolute atomic E-state index is 11.9. The lowest BCUT2D eigenvalue weighted by molar-refractivity contribution is -0.121. The molecule has 3 N–H and O–H groups in total. The fourth-order valence-corrected chi connectivity index (χ4v) is 2.04. The third-order valence-corrected chi connectivity index (χ3v) is 3.51. The van der Waals surface area contributed by atoms with E-state index in [1.165, 1.54) is 16.9 Å². The molecule has 0 saturated carbocycles. The molecule has 0 radical (unpaired) electrons. The van der Waals surface area contributed by atoms with Crippen molar-refractivity contribution in [2.75, 3.05) is 13.1 Å². The summed E-state index contributed by atoms with van der Waals surface area (Å²) >= 11 is 0. The van der Waals surface area contributed by atoms with Gasteiger partial charge in [0, 0.05) is 45.0 Å². The Kier molecular flexibility index (Phi) is 5.88. The number of carbonyl (C=O) groups excluding carboxylic acids is 2. The number of carboxylic acids is 1. The quantitative estimate of drug-likeness (QED) is 0.554. The van der Waals surface area contributed by atoms with Gasteiger partial charge < -0.3 is 15.7 Å². The zero-order valence-electron chi connectivity index (χ0n) is 14.0. The van der Waals surface area contributed by atoms with Crippen LogP contribution in [0.1, 0.15) is 33.1 Å². The van der Waals surface area contributed by atoms with Gasteiger partial charge in [0.15, 0.2) is 5.69 Å². The lowest BCUT2D eigenvalue weighted by atomic mass is 10.3. The molecule has 2 heterocycles. The first-order valence-electron chi connectivity index (χ1n) is 7.69. The van der Waals surface area contributed by atoms with Gasteiger partial charge in [-0.25, -0.2) is 4.79 Å². The Bertz CT molecular complexity index is 759. The lowest BCUT2D eigenvalue weighted by Crippen LogP contribution is -2.35. The van der Waals surface area contributed by atoms with Crippen LogP contribution in [0.5, 0.6) is 0 Å². The zero-order valence-corrected chi connectivity index (χ0v) is 14.0. The highest BCUT2D eigenvalue weighted by atomic mass is 16.4. The maximum Gasteiger partial charge on any atom is 0.356 e. The van der Waals surface area contributed by atoms with Gasteiger partial charge in [-0.15, -0.1) is 0 Å². The van der Waals surface area contributed by atoms with E-state index < -0.39 is 5.97 Å². The van der Waals surface area contributed by atoms with Crippen LogP contribution >= 0.6 is 0 Å². The van der Waals surface area contributed by atoms with E-state index in [0.29, 0.717) is 5.69 Å². The molecule has 134 valence electrons. The number of amides is 2. The van der Waals surface area contributed by atoms with E-state index in [9.17, 15) is 14.4 Å². The number of carboxylic acid groups (broad SMARTS) is 1. The molecular formula is C15H20N6O4. The van der Waals surface area contributed by atoms with Crippen molar-refractivity contribution in [1.82, 2.24) is 30.2 Å². The topological polar surface area (TPSA) is 131 Å². The van der Waals surface area contributed by atoms with Gasteiger partial charge in [-0.1, -0.05) is 0 Å². The minimum Gasteiger partial charge on any atom is -0.476 e. The fourth-order valence-electron chi connectivity index (χ4n) is 2.04. The summed E-state index contributed by atoms with van der Waals surface area (Å²) in [7, 11) is 1.76. The molecule has 0 aliphatic heterocycles. The molecule has 0 aliphatic rings. The van der Waals surface area contributed by atoms with Gasteiger partial charge in [0.25, 0.3) is 5.91 Å². The van der Waals surface area contributed by atoms with Crippen molar-refractivity contribution < 1.29 is 19.5 Å². The molecule has 2 aromatic heterocycles. The second-order valence-electron chi connectivity index (χ2n) is 5.42. The van der Waals surface area contributed by atoms with Crippen molar-refractivity contribution in [3.8, 4) is 0 Å². The molecular weight excluding hydrogens is 328 g/mol. The molecule has 2 amide bonds. The van der Waals surface area contributed by atoms with Crippen LogP contribution in [-0.4, -0.2) is 55.5 Å². The molecule has 0 bridgehead atoms. The normalized spacial score (nSPS) is 10.5. The van der Waals surface area contributed by atoms with E-state index >= 15 is 0 Å². The molecule has 2 aromatic rings. The Hall–Kier alpha value is -3.17. The Morgan fingerprint density at radius 2 is 1.88 bits per heavy atom. The number of aromatic carboxylic acids is 1. The van der Waals surface area contributed by atoms with Crippen LogP contribution < -0.4 is 10.6 Å². The van der Waals surface area contributed by atoms with Crippen LogP contribution in [0.4, 0.5) is 0 Å². The number of hydrogen-bond donors (Lipinski definition) is 3. The molecule has 10 heteroatoms. The van der Waals surface area contributed by atoms with Crippen LogP contribution in [0.25, 0.3) is 0 Å². The van der Waals surface area contributed by atoms with Crippen LogP contribution in [0, 0.1) is 6.92 Å². The van der Waals surface area contributed by atoms with Gasteiger partial charge in [0.1, 0.15) is 5.69 Å². The average Bonchev–Trinajstić information content (AvgIpc) is 3.17. The summed E-state index contributed by atoms with van der Waals surface area (Å²) in [6.45, 7) is 2.70. The highest BCUT2D eigenvalue weighted by molar-refractivity contribution is 5.92. The third kappa shape index (κ3) is 5.16. The maximum atomic E-state index is 11.9. The zero-order chi connectivity index (χ0) is 18.4. The van der Waals surface area contributed by atoms with Gasteiger partial charge in [-0.05, 0) is 19.1 Å². The number of aryl methyl sites for hydroxylation is 3. The minimum atomic E-state index is -1.11. The SMILES string of the molecule is Cc1cc(C(=O)NCCNC(=O)CCn2ccc(C(=O)O)n2)nn1C. The van der Waals surface area contributed by atoms with Crippen LogP contribution in [-0.2, 0) is 18.4 Å². The lowest BCUT2D eigenvalue weighted by Gasteiger charge is -2.06. The largest absolute Gasteiger partial charge is 0.476 e. The number of carbonyl (C=O) groups is 3. The first-order chi connectivity index (χ1) is 11.9. The molecule has 0 fully saturated rings. The molecule has 0 unspecified atom stereocenters. The third-order valence-electron chi connectivity index (χ3n) is 3.51. The molecule has 0 spiro atoms. The van der Waals surface area contributed by atoms with Crippen molar-refractivity contribution in [1.29, 1.82) is 0 Å². The summed E-state index contributed by atoms with van der Waals surface area (Å²) in [4.78, 5) is 34.3. The van der Waals surface area contributed by atoms with E-state index in [2.05, 4.69) is 20.8 Å². The Morgan fingerprint density at radius 1 is 1.16 bits per heavy atom. The van der Waals surface area contributed by atoms with Crippen molar-refractivity contribution in [2.24, 2.45) is 7.05 Å². The number of hydrogen-bond acceptors (Lipinski definition) is 5. The van der Waals surface area contributed by atoms with E-state index in [-0.39, 0.29) is 43.6 Å². The summed E-state index contributed by atoms with van der Waals surface area (Å²) in [5.74, 6) is -1.62. The monoisotopic (exact) mass is 348 g/mol. The van der Waals surface area contributed by atoms with Gasteiger partial charge in [0.2, 0.25) is 5.91 Å². The van der Waals surface area contributed by atoms with E-state index in [0.717, 1.165) is 5.69 Å². The number of nitrogens with one attached hydrogen (secondary N) is 2. The van der Waals surface area contributed by atoms with Crippen molar-refractivity contribution in [3.05, 3.63) is 35.4 Å². The number of rotatable bonds is 8. The predicted molar refractivity (Wildman–Crippen MR) is 87.1 cm³/mol. The van der Waals surface area contributed by atoms with E-state index in [1.54, 1.807) is 17.8 Å². The summed E-state index contributed by atoms with van der Waals surface area (Å²) < 4.78 is 3.01.